The number of hydrogen-bond acceptors (Lipinski definition) is 2. The summed E-state index contributed by atoms with van der Waals surface area (Å²) in [6.07, 6.45) is 0. The fraction of sp³-hybridized carbons (Fsp3) is 0.167. The molecule has 1 heterocycles. The molecule has 0 fully saturated rings. The lowest BCUT2D eigenvalue weighted by Crippen LogP contribution is -2.16. The van der Waals surface area contributed by atoms with E-state index in [4.69, 9.17) is 5.11 Å². The maximum Gasteiger partial charge on any atom is 0.323 e. The quantitative estimate of drug-likeness (QED) is 0.858. The monoisotopic (exact) mass is 235 g/mol. The minimum Gasteiger partial charge on any atom is -0.480 e. The zero-order valence-corrected chi connectivity index (χ0v) is 9.11. The minimum atomic E-state index is -1.01. The highest BCUT2D eigenvalue weighted by atomic mass is 19.1. The number of halogens is 1. The Labute approximate surface area is 95.9 Å². The molecule has 17 heavy (non-hydrogen) atoms. The molecule has 0 aliphatic heterocycles. The topological polar surface area (TPSA) is 59.3 Å². The van der Waals surface area contributed by atoms with Crippen molar-refractivity contribution in [1.29, 1.82) is 0 Å². The van der Waals surface area contributed by atoms with Crippen LogP contribution in [0.4, 0.5) is 4.39 Å². The Kier molecular flexibility index (Phi) is 2.67. The highest BCUT2D eigenvalue weighted by Gasteiger charge is 2.09. The molecule has 0 unspecified atom stereocenters. The third-order valence-corrected chi connectivity index (χ3v) is 2.57. The Morgan fingerprint density at radius 2 is 2.12 bits per heavy atom. The maximum atomic E-state index is 13.0. The first-order valence-corrected chi connectivity index (χ1v) is 5.00. The van der Waals surface area contributed by atoms with Gasteiger partial charge in [-0.2, -0.15) is 0 Å². The smallest absolute Gasteiger partial charge is 0.323 e. The molecule has 4 nitrogen and oxygen atoms in total. The van der Waals surface area contributed by atoms with Crippen LogP contribution in [0.1, 0.15) is 5.69 Å². The molecule has 0 saturated carbocycles. The lowest BCUT2D eigenvalue weighted by atomic mass is 10.1. The molecule has 1 aromatic carbocycles. The van der Waals surface area contributed by atoms with Crippen molar-refractivity contribution < 1.29 is 14.3 Å². The van der Waals surface area contributed by atoms with Crippen molar-refractivity contribution in [3.05, 3.63) is 46.0 Å². The van der Waals surface area contributed by atoms with Gasteiger partial charge in [-0.05, 0) is 25.1 Å². The van der Waals surface area contributed by atoms with Crippen LogP contribution in [0.2, 0.25) is 0 Å². The van der Waals surface area contributed by atoms with Crippen LogP contribution >= 0.6 is 0 Å². The standard InChI is InChI=1S/C12H10FNO3/c1-7-4-11(15)9-5-8(13)2-3-10(9)14(7)6-12(16)17/h2-5H,6H2,1H3,(H,16,17). The lowest BCUT2D eigenvalue weighted by Gasteiger charge is -2.12. The van der Waals surface area contributed by atoms with Crippen LogP contribution in [0.3, 0.4) is 0 Å². The van der Waals surface area contributed by atoms with Gasteiger partial charge in [-0.25, -0.2) is 4.39 Å². The Hall–Kier alpha value is -2.17. The minimum absolute atomic E-state index is 0.192. The normalized spacial score (nSPS) is 10.7. The zero-order chi connectivity index (χ0) is 12.6. The Morgan fingerprint density at radius 3 is 2.76 bits per heavy atom. The number of nitrogens with zero attached hydrogens (tertiary/aromatic N) is 1. The third kappa shape index (κ3) is 2.04. The molecule has 1 aromatic heterocycles. The molecule has 2 aromatic rings. The molecule has 0 amide bonds. The SMILES string of the molecule is Cc1cc(=O)c2cc(F)ccc2n1CC(=O)O. The van der Waals surface area contributed by atoms with Crippen LogP contribution < -0.4 is 5.43 Å². The number of aryl methyl sites for hydroxylation is 1. The molecule has 1 N–H and O–H groups in total. The number of rotatable bonds is 2. The summed E-state index contributed by atoms with van der Waals surface area (Å²) in [5.41, 5.74) is 0.661. The van der Waals surface area contributed by atoms with E-state index >= 15 is 0 Å². The Balaban J connectivity index is 2.83. The summed E-state index contributed by atoms with van der Waals surface area (Å²) in [6.45, 7) is 1.39. The van der Waals surface area contributed by atoms with Crippen molar-refractivity contribution in [1.82, 2.24) is 4.57 Å². The number of carboxylic acids is 1. The summed E-state index contributed by atoms with van der Waals surface area (Å²) >= 11 is 0. The van der Waals surface area contributed by atoms with E-state index in [-0.39, 0.29) is 17.4 Å². The molecular weight excluding hydrogens is 225 g/mol. The number of hydrogen-bond donors (Lipinski definition) is 1. The molecule has 0 bridgehead atoms. The second-order valence-corrected chi connectivity index (χ2v) is 3.79. The summed E-state index contributed by atoms with van der Waals surface area (Å²) in [4.78, 5) is 22.4. The number of aliphatic carboxylic acids is 1. The first-order chi connectivity index (χ1) is 7.99. The van der Waals surface area contributed by atoms with Crippen molar-refractivity contribution in [2.24, 2.45) is 0 Å². The number of aromatic nitrogens is 1. The summed E-state index contributed by atoms with van der Waals surface area (Å²) in [5.74, 6) is -1.53. The van der Waals surface area contributed by atoms with Gasteiger partial charge >= 0.3 is 5.97 Å². The fourth-order valence-electron chi connectivity index (χ4n) is 1.82. The van der Waals surface area contributed by atoms with E-state index in [0.717, 1.165) is 6.07 Å². The van der Waals surface area contributed by atoms with E-state index in [2.05, 4.69) is 0 Å². The third-order valence-electron chi connectivity index (χ3n) is 2.57. The molecule has 0 radical (unpaired) electrons. The Bertz CT molecular complexity index is 661. The van der Waals surface area contributed by atoms with Crippen molar-refractivity contribution in [3.8, 4) is 0 Å². The molecule has 0 aliphatic carbocycles. The number of fused-ring (bicyclic) bond motifs is 1. The second-order valence-electron chi connectivity index (χ2n) is 3.79. The molecule has 0 aliphatic rings. The predicted octanol–water partition coefficient (Wildman–Crippen LogP) is 1.53. The largest absolute Gasteiger partial charge is 0.480 e. The van der Waals surface area contributed by atoms with E-state index in [1.54, 1.807) is 6.92 Å². The van der Waals surface area contributed by atoms with Gasteiger partial charge in [0.2, 0.25) is 0 Å². The summed E-state index contributed by atoms with van der Waals surface area (Å²) in [6, 6.07) is 5.06. The average molecular weight is 235 g/mol. The predicted molar refractivity (Wildman–Crippen MR) is 60.5 cm³/mol. The molecule has 2 rings (SSSR count). The number of benzene rings is 1. The molecular formula is C12H10FNO3. The van der Waals surface area contributed by atoms with Crippen molar-refractivity contribution in [3.63, 3.8) is 0 Å². The van der Waals surface area contributed by atoms with Gasteiger partial charge in [-0.3, -0.25) is 9.59 Å². The molecule has 0 saturated heterocycles. The molecule has 88 valence electrons. The summed E-state index contributed by atoms with van der Waals surface area (Å²) in [5, 5.41) is 8.99. The maximum absolute atomic E-state index is 13.0. The van der Waals surface area contributed by atoms with E-state index in [1.165, 1.54) is 22.8 Å². The van der Waals surface area contributed by atoms with Crippen LogP contribution in [-0.4, -0.2) is 15.6 Å². The van der Waals surface area contributed by atoms with Gasteiger partial charge < -0.3 is 9.67 Å². The lowest BCUT2D eigenvalue weighted by molar-refractivity contribution is -0.137. The van der Waals surface area contributed by atoms with Gasteiger partial charge in [0.25, 0.3) is 0 Å². The average Bonchev–Trinajstić information content (AvgIpc) is 2.24. The van der Waals surface area contributed by atoms with Crippen LogP contribution in [0.15, 0.2) is 29.1 Å². The van der Waals surface area contributed by atoms with Gasteiger partial charge in [0.15, 0.2) is 5.43 Å². The zero-order valence-electron chi connectivity index (χ0n) is 9.11. The number of carboxylic acid groups (broad SMARTS) is 1. The van der Waals surface area contributed by atoms with E-state index in [0.29, 0.717) is 11.2 Å². The van der Waals surface area contributed by atoms with Gasteiger partial charge in [0.1, 0.15) is 12.4 Å². The van der Waals surface area contributed by atoms with E-state index in [1.807, 2.05) is 0 Å². The molecule has 0 atom stereocenters. The number of carbonyl (C=O) groups is 1. The van der Waals surface area contributed by atoms with Crippen molar-refractivity contribution in [2.75, 3.05) is 0 Å². The van der Waals surface area contributed by atoms with Gasteiger partial charge in [-0.1, -0.05) is 0 Å². The van der Waals surface area contributed by atoms with Crippen LogP contribution in [-0.2, 0) is 11.3 Å². The van der Waals surface area contributed by atoms with Crippen molar-refractivity contribution >= 4 is 16.9 Å². The first-order valence-electron chi connectivity index (χ1n) is 5.00. The fourth-order valence-corrected chi connectivity index (χ4v) is 1.82. The van der Waals surface area contributed by atoms with Crippen LogP contribution in [0, 0.1) is 12.7 Å². The summed E-state index contributed by atoms with van der Waals surface area (Å²) in [7, 11) is 0. The van der Waals surface area contributed by atoms with Gasteiger partial charge in [-0.15, -0.1) is 0 Å². The highest BCUT2D eigenvalue weighted by Crippen LogP contribution is 2.14. The number of pyridine rings is 1. The van der Waals surface area contributed by atoms with E-state index in [9.17, 15) is 14.0 Å². The van der Waals surface area contributed by atoms with Crippen molar-refractivity contribution in [2.45, 2.75) is 13.5 Å². The van der Waals surface area contributed by atoms with Crippen LogP contribution in [0.5, 0.6) is 0 Å². The summed E-state index contributed by atoms with van der Waals surface area (Å²) < 4.78 is 14.5. The van der Waals surface area contributed by atoms with Gasteiger partial charge in [0, 0.05) is 17.1 Å². The second kappa shape index (κ2) is 4.01. The molecule has 5 heteroatoms. The van der Waals surface area contributed by atoms with Crippen LogP contribution in [0.25, 0.3) is 10.9 Å². The molecule has 0 spiro atoms. The first kappa shape index (κ1) is 11.3. The highest BCUT2D eigenvalue weighted by molar-refractivity contribution is 5.81. The van der Waals surface area contributed by atoms with Gasteiger partial charge in [0.05, 0.1) is 5.52 Å². The van der Waals surface area contributed by atoms with E-state index < -0.39 is 11.8 Å². The Morgan fingerprint density at radius 1 is 1.41 bits per heavy atom.